The van der Waals surface area contributed by atoms with Crippen LogP contribution in [0.3, 0.4) is 0 Å². The predicted octanol–water partition coefficient (Wildman–Crippen LogP) is 4.89. The second kappa shape index (κ2) is 7.93. The van der Waals surface area contributed by atoms with Crippen LogP contribution in [-0.4, -0.2) is 25.9 Å². The summed E-state index contributed by atoms with van der Waals surface area (Å²) >= 11 is 7.73. The Bertz CT molecular complexity index is 1010. The van der Waals surface area contributed by atoms with Crippen LogP contribution in [0, 0.1) is 19.8 Å². The number of nitrogens with one attached hydrogen (secondary N) is 2. The quantitative estimate of drug-likeness (QED) is 0.424. The molecule has 0 aliphatic heterocycles. The van der Waals surface area contributed by atoms with Crippen molar-refractivity contribution in [3.05, 3.63) is 52.3 Å². The zero-order valence-corrected chi connectivity index (χ0v) is 17.2. The number of Topliss-reactive ketones (excluding diaryl/α,β-unsaturated/α-hetero) is 1. The van der Waals surface area contributed by atoms with Crippen LogP contribution in [0.4, 0.5) is 11.6 Å². The summed E-state index contributed by atoms with van der Waals surface area (Å²) < 4.78 is 0. The Kier molecular flexibility index (Phi) is 5.37. The Labute approximate surface area is 172 Å². The molecule has 1 aromatic carbocycles. The number of rotatable bonds is 7. The van der Waals surface area contributed by atoms with E-state index in [1.165, 1.54) is 11.8 Å². The molecule has 0 bridgehead atoms. The molecule has 2 heterocycles. The summed E-state index contributed by atoms with van der Waals surface area (Å²) in [5, 5.41) is 11.2. The molecule has 6 nitrogen and oxygen atoms in total. The maximum atomic E-state index is 12.0. The van der Waals surface area contributed by atoms with Crippen LogP contribution >= 0.6 is 23.4 Å². The highest BCUT2D eigenvalue weighted by molar-refractivity contribution is 7.99. The third kappa shape index (κ3) is 4.54. The molecule has 0 unspecified atom stereocenters. The number of aromatic amines is 1. The van der Waals surface area contributed by atoms with E-state index in [-0.39, 0.29) is 0 Å². The van der Waals surface area contributed by atoms with Gasteiger partial charge < -0.3 is 5.32 Å². The smallest absolute Gasteiger partial charge is 0.195 e. The number of hydrogen-bond donors (Lipinski definition) is 2. The Morgan fingerprint density at radius 3 is 2.64 bits per heavy atom. The van der Waals surface area contributed by atoms with Gasteiger partial charge in [-0.2, -0.15) is 5.10 Å². The van der Waals surface area contributed by atoms with Crippen LogP contribution in [0.5, 0.6) is 0 Å². The molecule has 3 aromatic rings. The van der Waals surface area contributed by atoms with Crippen molar-refractivity contribution >= 4 is 40.8 Å². The normalized spacial score (nSPS) is 13.5. The Morgan fingerprint density at radius 1 is 1.25 bits per heavy atom. The van der Waals surface area contributed by atoms with Gasteiger partial charge in [0, 0.05) is 34.6 Å². The molecule has 144 valence electrons. The molecule has 2 N–H and O–H groups in total. The summed E-state index contributed by atoms with van der Waals surface area (Å²) in [6.07, 6.45) is 2.61. The largest absolute Gasteiger partial charge is 0.323 e. The molecule has 0 saturated heterocycles. The van der Waals surface area contributed by atoms with E-state index in [4.69, 9.17) is 11.6 Å². The first-order chi connectivity index (χ1) is 13.5. The lowest BCUT2D eigenvalue weighted by atomic mass is 10.1. The Hall–Kier alpha value is -2.38. The van der Waals surface area contributed by atoms with Crippen molar-refractivity contribution in [2.45, 2.75) is 43.2 Å². The van der Waals surface area contributed by atoms with Gasteiger partial charge in [0.25, 0.3) is 0 Å². The van der Waals surface area contributed by atoms with Gasteiger partial charge in [-0.25, -0.2) is 9.97 Å². The lowest BCUT2D eigenvalue weighted by Crippen LogP contribution is -2.04. The van der Waals surface area contributed by atoms with E-state index in [1.807, 2.05) is 44.2 Å². The number of H-pyrrole nitrogens is 1. The maximum Gasteiger partial charge on any atom is 0.195 e. The minimum absolute atomic E-state index is 0.293. The third-order valence-electron chi connectivity index (χ3n) is 4.56. The molecule has 0 amide bonds. The fraction of sp³-hybridized carbons (Fsp3) is 0.300. The van der Waals surface area contributed by atoms with Crippen molar-refractivity contribution in [3.8, 4) is 0 Å². The number of carbonyl (C=O) groups is 1. The number of hydrogen-bond acceptors (Lipinski definition) is 6. The summed E-state index contributed by atoms with van der Waals surface area (Å²) in [7, 11) is 0. The van der Waals surface area contributed by atoms with Crippen molar-refractivity contribution in [1.29, 1.82) is 0 Å². The molecule has 0 spiro atoms. The molecule has 1 saturated carbocycles. The summed E-state index contributed by atoms with van der Waals surface area (Å²) in [5.41, 5.74) is 2.76. The van der Waals surface area contributed by atoms with Crippen molar-refractivity contribution < 1.29 is 4.79 Å². The Balaban J connectivity index is 1.48. The van der Waals surface area contributed by atoms with Crippen molar-refractivity contribution in [3.63, 3.8) is 0 Å². The molecule has 1 aliphatic rings. The maximum absolute atomic E-state index is 12.0. The fourth-order valence-electron chi connectivity index (χ4n) is 2.77. The summed E-state index contributed by atoms with van der Waals surface area (Å²) in [6, 6.07) is 9.85. The standard InChI is InChI=1S/C20H20ClN5OS/c1-11-9-17(26-25-11)22-19-12(2)18(21)23-20(24-19)28-15-7-3-13(4-8-15)10-16(27)14-5-6-14/h3-4,7-9,14H,5-6,10H2,1-2H3,(H2,22,23,24,25,26). The van der Waals surface area contributed by atoms with Crippen LogP contribution in [0.1, 0.15) is 29.7 Å². The van der Waals surface area contributed by atoms with Crippen LogP contribution < -0.4 is 5.32 Å². The zero-order valence-electron chi connectivity index (χ0n) is 15.6. The molecule has 2 aromatic heterocycles. The molecular weight excluding hydrogens is 394 g/mol. The van der Waals surface area contributed by atoms with E-state index in [1.54, 1.807) is 0 Å². The fourth-order valence-corrected chi connectivity index (χ4v) is 3.75. The second-order valence-corrected chi connectivity index (χ2v) is 8.39. The van der Waals surface area contributed by atoms with Crippen LogP contribution in [-0.2, 0) is 11.2 Å². The SMILES string of the molecule is Cc1cc(Nc2nc(Sc3ccc(CC(=O)C4CC4)cc3)nc(Cl)c2C)n[nH]1. The lowest BCUT2D eigenvalue weighted by Gasteiger charge is -2.10. The summed E-state index contributed by atoms with van der Waals surface area (Å²) in [5.74, 6) is 1.94. The van der Waals surface area contributed by atoms with E-state index < -0.39 is 0 Å². The molecular formula is C20H20ClN5OS. The molecule has 0 atom stereocenters. The highest BCUT2D eigenvalue weighted by atomic mass is 35.5. The molecule has 1 aliphatic carbocycles. The number of ketones is 1. The van der Waals surface area contributed by atoms with E-state index in [9.17, 15) is 4.79 Å². The molecule has 1 fully saturated rings. The van der Waals surface area contributed by atoms with Gasteiger partial charge in [-0.3, -0.25) is 9.89 Å². The lowest BCUT2D eigenvalue weighted by molar-refractivity contribution is -0.119. The van der Waals surface area contributed by atoms with Gasteiger partial charge in [0.2, 0.25) is 0 Å². The van der Waals surface area contributed by atoms with E-state index in [0.717, 1.165) is 34.6 Å². The van der Waals surface area contributed by atoms with E-state index >= 15 is 0 Å². The van der Waals surface area contributed by atoms with Crippen LogP contribution in [0.2, 0.25) is 5.15 Å². The first kappa shape index (κ1) is 19.0. The number of carbonyl (C=O) groups excluding carboxylic acids is 1. The zero-order chi connectivity index (χ0) is 19.7. The van der Waals surface area contributed by atoms with Gasteiger partial charge in [0.05, 0.1) is 0 Å². The van der Waals surface area contributed by atoms with Crippen molar-refractivity contribution in [2.75, 3.05) is 5.32 Å². The number of aromatic nitrogens is 4. The predicted molar refractivity (Wildman–Crippen MR) is 110 cm³/mol. The average molecular weight is 414 g/mol. The highest BCUT2D eigenvalue weighted by Crippen LogP contribution is 2.32. The molecule has 4 rings (SSSR count). The number of benzene rings is 1. The minimum atomic E-state index is 0.293. The molecule has 8 heteroatoms. The molecule has 28 heavy (non-hydrogen) atoms. The van der Waals surface area contributed by atoms with Gasteiger partial charge in [0.15, 0.2) is 11.0 Å². The monoisotopic (exact) mass is 413 g/mol. The first-order valence-corrected chi connectivity index (χ1v) is 10.3. The number of anilines is 2. The number of halogens is 1. The topological polar surface area (TPSA) is 83.6 Å². The van der Waals surface area contributed by atoms with Gasteiger partial charge in [0.1, 0.15) is 16.8 Å². The summed E-state index contributed by atoms with van der Waals surface area (Å²) in [4.78, 5) is 21.9. The Morgan fingerprint density at radius 2 is 2.00 bits per heavy atom. The van der Waals surface area contributed by atoms with Gasteiger partial charge in [-0.05, 0) is 56.1 Å². The second-order valence-electron chi connectivity index (χ2n) is 7.00. The van der Waals surface area contributed by atoms with E-state index in [2.05, 4.69) is 25.5 Å². The average Bonchev–Trinajstić information content (AvgIpc) is 3.44. The van der Waals surface area contributed by atoms with E-state index in [0.29, 0.717) is 40.1 Å². The number of aryl methyl sites for hydroxylation is 1. The minimum Gasteiger partial charge on any atom is -0.323 e. The van der Waals surface area contributed by atoms with Gasteiger partial charge in [-0.15, -0.1) is 0 Å². The number of nitrogens with zero attached hydrogens (tertiary/aromatic N) is 3. The van der Waals surface area contributed by atoms with Crippen LogP contribution in [0.15, 0.2) is 40.4 Å². The summed E-state index contributed by atoms with van der Waals surface area (Å²) in [6.45, 7) is 3.80. The van der Waals surface area contributed by atoms with Gasteiger partial charge in [-0.1, -0.05) is 23.7 Å². The third-order valence-corrected chi connectivity index (χ3v) is 5.80. The first-order valence-electron chi connectivity index (χ1n) is 9.10. The van der Waals surface area contributed by atoms with Crippen molar-refractivity contribution in [2.24, 2.45) is 5.92 Å². The molecule has 0 radical (unpaired) electrons. The van der Waals surface area contributed by atoms with Crippen LogP contribution in [0.25, 0.3) is 0 Å². The van der Waals surface area contributed by atoms with Gasteiger partial charge >= 0.3 is 0 Å². The highest BCUT2D eigenvalue weighted by Gasteiger charge is 2.29. The van der Waals surface area contributed by atoms with Crippen molar-refractivity contribution in [1.82, 2.24) is 20.2 Å².